The monoisotopic (exact) mass is 418 g/mol. The van der Waals surface area contributed by atoms with E-state index in [-0.39, 0.29) is 0 Å². The number of hydrogen-bond donors (Lipinski definition) is 0. The predicted octanol–water partition coefficient (Wildman–Crippen LogP) is 10.8. The Morgan fingerprint density at radius 2 is 1.27 bits per heavy atom. The zero-order valence-electron chi connectivity index (χ0n) is 22.2. The molecule has 0 saturated heterocycles. The number of allylic oxidation sites excluding steroid dienone is 2. The lowest BCUT2D eigenvalue weighted by Gasteiger charge is -2.36. The van der Waals surface area contributed by atoms with Gasteiger partial charge in [-0.3, -0.25) is 0 Å². The van der Waals surface area contributed by atoms with Crippen LogP contribution in [0.1, 0.15) is 151 Å². The van der Waals surface area contributed by atoms with Crippen LogP contribution in [0.4, 0.5) is 0 Å². The van der Waals surface area contributed by atoms with Gasteiger partial charge in [-0.2, -0.15) is 0 Å². The molecule has 1 aliphatic carbocycles. The summed E-state index contributed by atoms with van der Waals surface area (Å²) in [7, 11) is 0. The molecule has 1 rings (SSSR count). The molecule has 0 nitrogen and oxygen atoms in total. The van der Waals surface area contributed by atoms with Crippen molar-refractivity contribution in [1.82, 2.24) is 0 Å². The highest BCUT2D eigenvalue weighted by molar-refractivity contribution is 5.09. The molecule has 0 radical (unpaired) electrons. The van der Waals surface area contributed by atoms with Crippen molar-refractivity contribution in [3.05, 3.63) is 11.6 Å². The zero-order chi connectivity index (χ0) is 22.4. The molecule has 0 amide bonds. The van der Waals surface area contributed by atoms with Crippen molar-refractivity contribution in [2.24, 2.45) is 29.1 Å². The summed E-state index contributed by atoms with van der Waals surface area (Å²) in [5, 5.41) is 0. The van der Waals surface area contributed by atoms with Gasteiger partial charge in [0, 0.05) is 0 Å². The fourth-order valence-electron chi connectivity index (χ4n) is 5.48. The van der Waals surface area contributed by atoms with Crippen LogP contribution >= 0.6 is 0 Å². The van der Waals surface area contributed by atoms with E-state index in [4.69, 9.17) is 0 Å². The maximum absolute atomic E-state index is 2.67. The van der Waals surface area contributed by atoms with E-state index in [0.717, 1.165) is 23.7 Å². The van der Waals surface area contributed by atoms with Crippen molar-refractivity contribution in [1.29, 1.82) is 0 Å². The second-order valence-electron chi connectivity index (χ2n) is 12.1. The van der Waals surface area contributed by atoms with E-state index in [9.17, 15) is 0 Å². The van der Waals surface area contributed by atoms with E-state index in [1.165, 1.54) is 103 Å². The van der Waals surface area contributed by atoms with Gasteiger partial charge in [-0.25, -0.2) is 0 Å². The van der Waals surface area contributed by atoms with Crippen molar-refractivity contribution in [3.8, 4) is 0 Å². The largest absolute Gasteiger partial charge is 0.0848 e. The Hall–Kier alpha value is -0.260. The number of hydrogen-bond acceptors (Lipinski definition) is 0. The van der Waals surface area contributed by atoms with Crippen LogP contribution in [0.15, 0.2) is 11.6 Å². The molecule has 0 N–H and O–H groups in total. The molecule has 0 heteroatoms. The predicted molar refractivity (Wildman–Crippen MR) is 138 cm³/mol. The first-order valence-electron chi connectivity index (χ1n) is 13.9. The lowest BCUT2D eigenvalue weighted by atomic mass is 9.69. The molecule has 0 heterocycles. The standard InChI is InChI=1S/C30H58/c1-8-30(22-12-18-28(7)16-10-14-26(4)5)23-20-29(21-24-30)19-11-17-27(6)15-9-13-25(2)3/h20,25-28H,8-19,21-24H2,1-7H3. The third-order valence-corrected chi connectivity index (χ3v) is 8.11. The van der Waals surface area contributed by atoms with Gasteiger partial charge in [0.25, 0.3) is 0 Å². The lowest BCUT2D eigenvalue weighted by molar-refractivity contribution is 0.206. The Morgan fingerprint density at radius 1 is 0.733 bits per heavy atom. The summed E-state index contributed by atoms with van der Waals surface area (Å²) in [5.41, 5.74) is 2.42. The summed E-state index contributed by atoms with van der Waals surface area (Å²) < 4.78 is 0. The third-order valence-electron chi connectivity index (χ3n) is 8.11. The summed E-state index contributed by atoms with van der Waals surface area (Å²) in [5.74, 6) is 3.59. The normalized spacial score (nSPS) is 21.8. The Bertz CT molecular complexity index is 443. The first-order valence-corrected chi connectivity index (χ1v) is 13.9. The molecule has 3 unspecified atom stereocenters. The molecular formula is C30H58. The van der Waals surface area contributed by atoms with Crippen LogP contribution in [0, 0.1) is 29.1 Å². The zero-order valence-corrected chi connectivity index (χ0v) is 22.2. The van der Waals surface area contributed by atoms with Crippen LogP contribution in [0.3, 0.4) is 0 Å². The minimum Gasteiger partial charge on any atom is -0.0848 e. The van der Waals surface area contributed by atoms with Crippen molar-refractivity contribution in [2.75, 3.05) is 0 Å². The molecule has 0 aromatic carbocycles. The van der Waals surface area contributed by atoms with E-state index in [2.05, 4.69) is 54.5 Å². The van der Waals surface area contributed by atoms with Crippen molar-refractivity contribution < 1.29 is 0 Å². The van der Waals surface area contributed by atoms with E-state index in [0.29, 0.717) is 5.41 Å². The van der Waals surface area contributed by atoms with Crippen LogP contribution < -0.4 is 0 Å². The minimum absolute atomic E-state index is 0.630. The molecule has 0 bridgehead atoms. The molecular weight excluding hydrogens is 360 g/mol. The quantitative estimate of drug-likeness (QED) is 0.206. The Balaban J connectivity index is 2.24. The van der Waals surface area contributed by atoms with Gasteiger partial charge in [-0.15, -0.1) is 0 Å². The van der Waals surface area contributed by atoms with Crippen LogP contribution in [-0.2, 0) is 0 Å². The molecule has 3 atom stereocenters. The van der Waals surface area contributed by atoms with E-state index in [1.54, 1.807) is 5.57 Å². The van der Waals surface area contributed by atoms with Gasteiger partial charge in [-0.05, 0) is 67.6 Å². The van der Waals surface area contributed by atoms with Crippen LogP contribution in [-0.4, -0.2) is 0 Å². The van der Waals surface area contributed by atoms with E-state index >= 15 is 0 Å². The SMILES string of the molecule is CCC1(CCCC(C)CCCC(C)C)CC=C(CCCC(C)CCCC(C)C)CC1. The molecule has 0 fully saturated rings. The van der Waals surface area contributed by atoms with Gasteiger partial charge in [-0.1, -0.05) is 124 Å². The van der Waals surface area contributed by atoms with Crippen molar-refractivity contribution in [3.63, 3.8) is 0 Å². The van der Waals surface area contributed by atoms with Crippen molar-refractivity contribution >= 4 is 0 Å². The Labute approximate surface area is 192 Å². The Morgan fingerprint density at radius 3 is 1.73 bits per heavy atom. The second kappa shape index (κ2) is 15.5. The van der Waals surface area contributed by atoms with Gasteiger partial charge in [0.05, 0.1) is 0 Å². The molecule has 178 valence electrons. The second-order valence-corrected chi connectivity index (χ2v) is 12.1. The van der Waals surface area contributed by atoms with Gasteiger partial charge in [0.1, 0.15) is 0 Å². The highest BCUT2D eigenvalue weighted by Crippen LogP contribution is 2.43. The Kier molecular flexibility index (Phi) is 14.4. The summed E-state index contributed by atoms with van der Waals surface area (Å²) in [4.78, 5) is 0. The van der Waals surface area contributed by atoms with Crippen LogP contribution in [0.2, 0.25) is 0 Å². The van der Waals surface area contributed by atoms with E-state index in [1.807, 2.05) is 0 Å². The molecule has 0 aromatic heterocycles. The van der Waals surface area contributed by atoms with Gasteiger partial charge in [0.2, 0.25) is 0 Å². The smallest absolute Gasteiger partial charge is 0.0262 e. The summed E-state index contributed by atoms with van der Waals surface area (Å²) in [6, 6.07) is 0. The van der Waals surface area contributed by atoms with Gasteiger partial charge >= 0.3 is 0 Å². The average molecular weight is 419 g/mol. The molecule has 0 spiro atoms. The molecule has 0 aromatic rings. The van der Waals surface area contributed by atoms with Gasteiger partial charge < -0.3 is 0 Å². The third kappa shape index (κ3) is 12.6. The van der Waals surface area contributed by atoms with Crippen LogP contribution in [0.25, 0.3) is 0 Å². The number of rotatable bonds is 17. The molecule has 0 aliphatic heterocycles. The first-order chi connectivity index (χ1) is 14.3. The topological polar surface area (TPSA) is 0 Å². The summed E-state index contributed by atoms with van der Waals surface area (Å²) >= 11 is 0. The maximum Gasteiger partial charge on any atom is -0.0262 e. The first kappa shape index (κ1) is 27.8. The maximum atomic E-state index is 2.67. The highest BCUT2D eigenvalue weighted by atomic mass is 14.3. The summed E-state index contributed by atoms with van der Waals surface area (Å²) in [6.07, 6.45) is 25.4. The fraction of sp³-hybridized carbons (Fsp3) is 0.933. The molecule has 30 heavy (non-hydrogen) atoms. The minimum atomic E-state index is 0.630. The van der Waals surface area contributed by atoms with Gasteiger partial charge in [0.15, 0.2) is 0 Å². The van der Waals surface area contributed by atoms with Crippen molar-refractivity contribution in [2.45, 2.75) is 151 Å². The van der Waals surface area contributed by atoms with E-state index < -0.39 is 0 Å². The summed E-state index contributed by atoms with van der Waals surface area (Å²) in [6.45, 7) is 16.8. The fourth-order valence-corrected chi connectivity index (χ4v) is 5.48. The molecule has 0 saturated carbocycles. The lowest BCUT2D eigenvalue weighted by Crippen LogP contribution is -2.22. The molecule has 1 aliphatic rings. The average Bonchev–Trinajstić information content (AvgIpc) is 2.68. The van der Waals surface area contributed by atoms with Crippen LogP contribution in [0.5, 0.6) is 0 Å². The highest BCUT2D eigenvalue weighted by Gasteiger charge is 2.29.